The molecule has 126 valence electrons. The fraction of sp³-hybridized carbons (Fsp3) is 0.286. The average Bonchev–Trinajstić information content (AvgIpc) is 2.70. The van der Waals surface area contributed by atoms with Crippen LogP contribution in [0.1, 0.15) is 48.4 Å². The van der Waals surface area contributed by atoms with E-state index in [9.17, 15) is 0 Å². The maximum absolute atomic E-state index is 4.64. The summed E-state index contributed by atoms with van der Waals surface area (Å²) in [7, 11) is 0. The molecule has 0 radical (unpaired) electrons. The zero-order chi connectivity index (χ0) is 16.9. The Labute approximate surface area is 148 Å². The monoisotopic (exact) mass is 330 g/mol. The van der Waals surface area contributed by atoms with E-state index in [0.29, 0.717) is 12.1 Å². The fourth-order valence-electron chi connectivity index (χ4n) is 3.73. The maximum Gasteiger partial charge on any atom is 0.0575 e. The zero-order valence-electron chi connectivity index (χ0n) is 14.2. The Bertz CT molecular complexity index is 729. The Morgan fingerprint density at radius 2 is 1.28 bits per heavy atom. The number of hydrogen-bond donors (Lipinski definition) is 0. The molecule has 3 aromatic rings. The van der Waals surface area contributed by atoms with Crippen molar-refractivity contribution >= 4 is 0 Å². The molecule has 2 unspecified atom stereocenters. The smallest absolute Gasteiger partial charge is 0.0575 e. The molecule has 1 aliphatic rings. The van der Waals surface area contributed by atoms with E-state index in [1.807, 2.05) is 36.8 Å². The van der Waals surface area contributed by atoms with Crippen LogP contribution in [-0.4, -0.2) is 19.9 Å². The van der Waals surface area contributed by atoms with Crippen molar-refractivity contribution in [1.29, 1.82) is 0 Å². The summed E-state index contributed by atoms with van der Waals surface area (Å²) in [6.45, 7) is 0.809. The molecule has 4 heterocycles. The third-order valence-electron chi connectivity index (χ3n) is 4.88. The largest absolute Gasteiger partial charge is 0.280 e. The minimum atomic E-state index is 0.295. The third-order valence-corrected chi connectivity index (χ3v) is 4.88. The number of piperidine rings is 1. The van der Waals surface area contributed by atoms with Gasteiger partial charge in [-0.05, 0) is 55.7 Å². The third kappa shape index (κ3) is 3.59. The SMILES string of the molecule is c1ccc(CN2C(c3ccccn3)CCCC2c2ccccn2)nc1. The van der Waals surface area contributed by atoms with Crippen LogP contribution in [0.2, 0.25) is 0 Å². The molecule has 4 rings (SSSR count). The Balaban J connectivity index is 1.70. The molecule has 0 aliphatic carbocycles. The molecule has 1 saturated heterocycles. The Morgan fingerprint density at radius 1 is 0.720 bits per heavy atom. The van der Waals surface area contributed by atoms with Crippen LogP contribution < -0.4 is 0 Å². The second-order valence-corrected chi connectivity index (χ2v) is 6.47. The first-order valence-electron chi connectivity index (χ1n) is 8.89. The average molecular weight is 330 g/mol. The lowest BCUT2D eigenvalue weighted by molar-refractivity contribution is 0.0673. The first-order chi connectivity index (χ1) is 12.4. The molecular formula is C21H22N4. The van der Waals surface area contributed by atoms with Crippen LogP contribution in [0, 0.1) is 0 Å². The maximum atomic E-state index is 4.64. The van der Waals surface area contributed by atoms with Gasteiger partial charge in [-0.15, -0.1) is 0 Å². The predicted molar refractivity (Wildman–Crippen MR) is 97.6 cm³/mol. The van der Waals surface area contributed by atoms with E-state index in [1.165, 1.54) is 6.42 Å². The summed E-state index contributed by atoms with van der Waals surface area (Å²) >= 11 is 0. The molecule has 1 fully saturated rings. The van der Waals surface area contributed by atoms with Gasteiger partial charge in [0.05, 0.1) is 29.2 Å². The van der Waals surface area contributed by atoms with Crippen molar-refractivity contribution in [2.24, 2.45) is 0 Å². The summed E-state index contributed by atoms with van der Waals surface area (Å²) in [6, 6.07) is 19.1. The summed E-state index contributed by atoms with van der Waals surface area (Å²) in [5, 5.41) is 0. The summed E-state index contributed by atoms with van der Waals surface area (Å²) < 4.78 is 0. The van der Waals surface area contributed by atoms with E-state index in [2.05, 4.69) is 56.3 Å². The predicted octanol–water partition coefficient (Wildman–Crippen LogP) is 4.34. The molecule has 3 aromatic heterocycles. The standard InChI is InChI=1S/C21H22N4/c1-4-13-22-17(8-1)16-25-20(18-9-2-5-14-23-18)11-7-12-21(25)19-10-3-6-15-24-19/h1-6,8-10,13-15,20-21H,7,11-12,16H2. The first-order valence-corrected chi connectivity index (χ1v) is 8.89. The lowest BCUT2D eigenvalue weighted by Crippen LogP contribution is -2.37. The van der Waals surface area contributed by atoms with E-state index in [1.54, 1.807) is 0 Å². The minimum Gasteiger partial charge on any atom is -0.280 e. The van der Waals surface area contributed by atoms with Crippen LogP contribution in [0.25, 0.3) is 0 Å². The molecule has 4 nitrogen and oxygen atoms in total. The van der Waals surface area contributed by atoms with Gasteiger partial charge < -0.3 is 0 Å². The number of likely N-dealkylation sites (tertiary alicyclic amines) is 1. The highest BCUT2D eigenvalue weighted by molar-refractivity contribution is 5.16. The van der Waals surface area contributed by atoms with Gasteiger partial charge in [-0.2, -0.15) is 0 Å². The first kappa shape index (κ1) is 15.9. The van der Waals surface area contributed by atoms with Gasteiger partial charge in [-0.1, -0.05) is 18.2 Å². The molecule has 0 saturated carbocycles. The molecule has 0 bridgehead atoms. The Kier molecular flexibility index (Phi) is 4.79. The van der Waals surface area contributed by atoms with Crippen LogP contribution in [0.15, 0.2) is 73.2 Å². The van der Waals surface area contributed by atoms with E-state index in [0.717, 1.165) is 36.5 Å². The lowest BCUT2D eigenvalue weighted by atomic mass is 9.91. The molecule has 25 heavy (non-hydrogen) atoms. The fourth-order valence-corrected chi connectivity index (χ4v) is 3.73. The van der Waals surface area contributed by atoms with Crippen LogP contribution in [0.3, 0.4) is 0 Å². The van der Waals surface area contributed by atoms with Crippen molar-refractivity contribution in [2.75, 3.05) is 0 Å². The van der Waals surface area contributed by atoms with Gasteiger partial charge in [-0.3, -0.25) is 19.9 Å². The van der Waals surface area contributed by atoms with E-state index >= 15 is 0 Å². The van der Waals surface area contributed by atoms with Crippen LogP contribution in [-0.2, 0) is 6.54 Å². The van der Waals surface area contributed by atoms with Crippen molar-refractivity contribution in [1.82, 2.24) is 19.9 Å². The van der Waals surface area contributed by atoms with Crippen LogP contribution in [0.5, 0.6) is 0 Å². The van der Waals surface area contributed by atoms with Crippen molar-refractivity contribution in [3.63, 3.8) is 0 Å². The summed E-state index contributed by atoms with van der Waals surface area (Å²) in [4.78, 5) is 16.4. The molecule has 0 amide bonds. The molecule has 4 heteroatoms. The zero-order valence-corrected chi connectivity index (χ0v) is 14.2. The number of aromatic nitrogens is 3. The Morgan fingerprint density at radius 3 is 1.76 bits per heavy atom. The van der Waals surface area contributed by atoms with Gasteiger partial charge in [0.15, 0.2) is 0 Å². The van der Waals surface area contributed by atoms with Gasteiger partial charge in [0.1, 0.15) is 0 Å². The number of rotatable bonds is 4. The summed E-state index contributed by atoms with van der Waals surface area (Å²) in [5.74, 6) is 0. The van der Waals surface area contributed by atoms with Crippen LogP contribution >= 0.6 is 0 Å². The lowest BCUT2D eigenvalue weighted by Gasteiger charge is -2.41. The number of pyridine rings is 3. The number of nitrogens with zero attached hydrogens (tertiary/aromatic N) is 4. The van der Waals surface area contributed by atoms with Crippen molar-refractivity contribution < 1.29 is 0 Å². The Hall–Kier alpha value is -2.59. The molecule has 1 aliphatic heterocycles. The quantitative estimate of drug-likeness (QED) is 0.713. The second-order valence-electron chi connectivity index (χ2n) is 6.47. The van der Waals surface area contributed by atoms with Gasteiger partial charge in [-0.25, -0.2) is 0 Å². The van der Waals surface area contributed by atoms with Gasteiger partial charge in [0.2, 0.25) is 0 Å². The molecule has 0 spiro atoms. The van der Waals surface area contributed by atoms with Gasteiger partial charge >= 0.3 is 0 Å². The van der Waals surface area contributed by atoms with Gasteiger partial charge in [0, 0.05) is 25.1 Å². The topological polar surface area (TPSA) is 41.9 Å². The van der Waals surface area contributed by atoms with E-state index < -0.39 is 0 Å². The minimum absolute atomic E-state index is 0.295. The van der Waals surface area contributed by atoms with Crippen molar-refractivity contribution in [3.8, 4) is 0 Å². The normalized spacial score (nSPS) is 21.1. The van der Waals surface area contributed by atoms with Crippen molar-refractivity contribution in [3.05, 3.63) is 90.3 Å². The van der Waals surface area contributed by atoms with Crippen LogP contribution in [0.4, 0.5) is 0 Å². The van der Waals surface area contributed by atoms with Gasteiger partial charge in [0.25, 0.3) is 0 Å². The highest BCUT2D eigenvalue weighted by Gasteiger charge is 2.34. The van der Waals surface area contributed by atoms with Crippen molar-refractivity contribution in [2.45, 2.75) is 37.9 Å². The summed E-state index contributed by atoms with van der Waals surface area (Å²) in [6.07, 6.45) is 9.06. The molecule has 0 N–H and O–H groups in total. The van der Waals surface area contributed by atoms with E-state index in [-0.39, 0.29) is 0 Å². The molecule has 2 atom stereocenters. The molecule has 0 aromatic carbocycles. The van der Waals surface area contributed by atoms with E-state index in [4.69, 9.17) is 0 Å². The highest BCUT2D eigenvalue weighted by atomic mass is 15.2. The summed E-state index contributed by atoms with van der Waals surface area (Å²) in [5.41, 5.74) is 3.37. The second kappa shape index (κ2) is 7.53. The molecular weight excluding hydrogens is 308 g/mol. The number of hydrogen-bond acceptors (Lipinski definition) is 4. The highest BCUT2D eigenvalue weighted by Crippen LogP contribution is 2.41.